The van der Waals surface area contributed by atoms with E-state index >= 15 is 0 Å². The van der Waals surface area contributed by atoms with Crippen LogP contribution in [0.5, 0.6) is 0 Å². The third-order valence-corrected chi connectivity index (χ3v) is 2.83. The molecule has 106 valence electrons. The Balaban J connectivity index is 2.13. The Hall–Kier alpha value is -2.64. The Morgan fingerprint density at radius 1 is 1.24 bits per heavy atom. The summed E-state index contributed by atoms with van der Waals surface area (Å²) in [4.78, 5) is 12.0. The minimum Gasteiger partial charge on any atom is -0.384 e. The Bertz CT molecular complexity index is 712. The third kappa shape index (κ3) is 3.91. The number of benzene rings is 2. The monoisotopic (exact) mass is 283 g/mol. The van der Waals surface area contributed by atoms with E-state index in [4.69, 9.17) is 5.11 Å². The van der Waals surface area contributed by atoms with Crippen LogP contribution in [0.4, 0.5) is 10.1 Å². The molecular weight excluding hydrogens is 269 g/mol. The quantitative estimate of drug-likeness (QED) is 0.833. The van der Waals surface area contributed by atoms with Crippen molar-refractivity contribution >= 4 is 11.6 Å². The highest BCUT2D eigenvalue weighted by atomic mass is 19.1. The summed E-state index contributed by atoms with van der Waals surface area (Å²) < 4.78 is 13.7. The van der Waals surface area contributed by atoms with Crippen LogP contribution < -0.4 is 5.32 Å². The predicted molar refractivity (Wildman–Crippen MR) is 79.5 cm³/mol. The Morgan fingerprint density at radius 3 is 2.57 bits per heavy atom. The maximum Gasteiger partial charge on any atom is 0.255 e. The summed E-state index contributed by atoms with van der Waals surface area (Å²) in [5, 5.41) is 11.1. The highest BCUT2D eigenvalue weighted by molar-refractivity contribution is 6.04. The number of hydrogen-bond donors (Lipinski definition) is 2. The third-order valence-electron chi connectivity index (χ3n) is 2.83. The molecule has 1 amide bonds. The van der Waals surface area contributed by atoms with Gasteiger partial charge in [0.05, 0.1) is 5.69 Å². The zero-order chi connectivity index (χ0) is 15.2. The molecule has 0 unspecified atom stereocenters. The maximum atomic E-state index is 13.7. The average Bonchev–Trinajstić information content (AvgIpc) is 2.48. The van der Waals surface area contributed by atoms with Gasteiger partial charge in [-0.2, -0.15) is 0 Å². The zero-order valence-corrected chi connectivity index (χ0v) is 11.5. The normalized spacial score (nSPS) is 9.67. The maximum absolute atomic E-state index is 13.7. The fraction of sp³-hybridized carbons (Fsp3) is 0.118. The zero-order valence-electron chi connectivity index (χ0n) is 11.5. The van der Waals surface area contributed by atoms with Crippen LogP contribution in [0.15, 0.2) is 42.5 Å². The van der Waals surface area contributed by atoms with E-state index in [-0.39, 0.29) is 18.2 Å². The van der Waals surface area contributed by atoms with Crippen LogP contribution in [-0.2, 0) is 0 Å². The van der Waals surface area contributed by atoms with Gasteiger partial charge >= 0.3 is 0 Å². The van der Waals surface area contributed by atoms with Gasteiger partial charge in [-0.1, -0.05) is 17.9 Å². The molecule has 2 N–H and O–H groups in total. The first-order chi connectivity index (χ1) is 10.1. The van der Waals surface area contributed by atoms with Crippen LogP contribution in [0.2, 0.25) is 0 Å². The lowest BCUT2D eigenvalue weighted by molar-refractivity contribution is 0.102. The minimum absolute atomic E-state index is 0.148. The fourth-order valence-electron chi connectivity index (χ4n) is 1.76. The second kappa shape index (κ2) is 6.69. The van der Waals surface area contributed by atoms with Crippen molar-refractivity contribution in [1.82, 2.24) is 0 Å². The first-order valence-electron chi connectivity index (χ1n) is 6.37. The van der Waals surface area contributed by atoms with Crippen molar-refractivity contribution in [3.8, 4) is 11.8 Å². The number of nitrogens with one attached hydrogen (secondary N) is 1. The van der Waals surface area contributed by atoms with Crippen LogP contribution in [0.3, 0.4) is 0 Å². The van der Waals surface area contributed by atoms with Crippen molar-refractivity contribution in [2.45, 2.75) is 6.92 Å². The second-order valence-electron chi connectivity index (χ2n) is 4.47. The van der Waals surface area contributed by atoms with Gasteiger partial charge in [-0.3, -0.25) is 4.79 Å². The summed E-state index contributed by atoms with van der Waals surface area (Å²) in [6, 6.07) is 11.2. The van der Waals surface area contributed by atoms with E-state index in [1.807, 2.05) is 0 Å². The topological polar surface area (TPSA) is 49.3 Å². The number of carbonyl (C=O) groups is 1. The summed E-state index contributed by atoms with van der Waals surface area (Å²) in [6.07, 6.45) is 0. The van der Waals surface area contributed by atoms with Crippen molar-refractivity contribution in [3.05, 3.63) is 65.0 Å². The van der Waals surface area contributed by atoms with E-state index < -0.39 is 5.82 Å². The molecule has 0 aromatic heterocycles. The van der Waals surface area contributed by atoms with Gasteiger partial charge in [0.2, 0.25) is 0 Å². The van der Waals surface area contributed by atoms with Crippen LogP contribution >= 0.6 is 0 Å². The molecule has 0 bridgehead atoms. The van der Waals surface area contributed by atoms with E-state index in [2.05, 4.69) is 17.2 Å². The summed E-state index contributed by atoms with van der Waals surface area (Å²) in [5.74, 6) is 4.40. The second-order valence-corrected chi connectivity index (χ2v) is 4.47. The standard InChI is InChI=1S/C17H14FNO2/c1-12-4-9-16(15(18)11-12)19-17(21)14-7-5-13(6-8-14)3-2-10-20/h4-9,11,20H,10H2,1H3,(H,19,21). The molecule has 0 aliphatic heterocycles. The van der Waals surface area contributed by atoms with Crippen molar-refractivity contribution in [2.75, 3.05) is 11.9 Å². The smallest absolute Gasteiger partial charge is 0.255 e. The van der Waals surface area contributed by atoms with Crippen molar-refractivity contribution in [1.29, 1.82) is 0 Å². The van der Waals surface area contributed by atoms with Crippen LogP contribution in [-0.4, -0.2) is 17.6 Å². The van der Waals surface area contributed by atoms with Crippen molar-refractivity contribution in [2.24, 2.45) is 0 Å². The lowest BCUT2D eigenvalue weighted by atomic mass is 10.1. The van der Waals surface area contributed by atoms with Crippen molar-refractivity contribution in [3.63, 3.8) is 0 Å². The molecule has 3 nitrogen and oxygen atoms in total. The van der Waals surface area contributed by atoms with Crippen molar-refractivity contribution < 1.29 is 14.3 Å². The van der Waals surface area contributed by atoms with Gasteiger partial charge in [0.25, 0.3) is 5.91 Å². The lowest BCUT2D eigenvalue weighted by Gasteiger charge is -2.07. The number of aliphatic hydroxyl groups excluding tert-OH is 1. The molecule has 21 heavy (non-hydrogen) atoms. The lowest BCUT2D eigenvalue weighted by Crippen LogP contribution is -2.13. The number of aliphatic hydroxyl groups is 1. The van der Waals surface area contributed by atoms with Crippen LogP contribution in [0, 0.1) is 24.6 Å². The number of hydrogen-bond acceptors (Lipinski definition) is 2. The van der Waals surface area contributed by atoms with Gasteiger partial charge in [-0.05, 0) is 48.9 Å². The number of halogens is 1. The van der Waals surface area contributed by atoms with Crippen LogP contribution in [0.25, 0.3) is 0 Å². The molecule has 4 heteroatoms. The van der Waals surface area contributed by atoms with Gasteiger partial charge in [-0.15, -0.1) is 0 Å². The van der Waals surface area contributed by atoms with Gasteiger partial charge in [0, 0.05) is 11.1 Å². The highest BCUT2D eigenvalue weighted by Crippen LogP contribution is 2.16. The molecule has 0 saturated carbocycles. The summed E-state index contributed by atoms with van der Waals surface area (Å²) in [5.41, 5.74) is 2.04. The molecular formula is C17H14FNO2. The predicted octanol–water partition coefficient (Wildman–Crippen LogP) is 2.73. The van der Waals surface area contributed by atoms with E-state index in [0.717, 1.165) is 5.56 Å². The number of aryl methyl sites for hydroxylation is 1. The highest BCUT2D eigenvalue weighted by Gasteiger charge is 2.09. The molecule has 0 aliphatic carbocycles. The molecule has 2 aromatic rings. The van der Waals surface area contributed by atoms with Gasteiger partial charge in [0.15, 0.2) is 0 Å². The Kier molecular flexibility index (Phi) is 4.70. The first-order valence-corrected chi connectivity index (χ1v) is 6.37. The molecule has 2 rings (SSSR count). The van der Waals surface area contributed by atoms with E-state index in [1.54, 1.807) is 37.3 Å². The fourth-order valence-corrected chi connectivity index (χ4v) is 1.76. The SMILES string of the molecule is Cc1ccc(NC(=O)c2ccc(C#CCO)cc2)c(F)c1. The minimum atomic E-state index is -0.464. The van der Waals surface area contributed by atoms with E-state index in [9.17, 15) is 9.18 Å². The summed E-state index contributed by atoms with van der Waals surface area (Å²) in [7, 11) is 0. The number of carbonyl (C=O) groups excluding carboxylic acids is 1. The molecule has 2 aromatic carbocycles. The van der Waals surface area contributed by atoms with Gasteiger partial charge in [0.1, 0.15) is 12.4 Å². The molecule has 0 fully saturated rings. The summed E-state index contributed by atoms with van der Waals surface area (Å²) in [6.45, 7) is 1.57. The average molecular weight is 283 g/mol. The molecule has 0 saturated heterocycles. The van der Waals surface area contributed by atoms with Gasteiger partial charge in [-0.25, -0.2) is 4.39 Å². The summed E-state index contributed by atoms with van der Waals surface area (Å²) >= 11 is 0. The molecule has 0 spiro atoms. The van der Waals surface area contributed by atoms with E-state index in [0.29, 0.717) is 11.1 Å². The van der Waals surface area contributed by atoms with Gasteiger partial charge < -0.3 is 10.4 Å². The Morgan fingerprint density at radius 2 is 1.95 bits per heavy atom. The number of amides is 1. The number of rotatable bonds is 2. The molecule has 0 radical (unpaired) electrons. The molecule has 0 atom stereocenters. The first kappa shape index (κ1) is 14.8. The van der Waals surface area contributed by atoms with Crippen LogP contribution in [0.1, 0.15) is 21.5 Å². The van der Waals surface area contributed by atoms with E-state index in [1.165, 1.54) is 12.1 Å². The molecule has 0 aliphatic rings. The molecule has 0 heterocycles. The largest absolute Gasteiger partial charge is 0.384 e. The Labute approximate surface area is 122 Å². The number of anilines is 1.